The number of anilines is 2. The molecule has 2 N–H and O–H groups in total. The Hall–Kier alpha value is -3.06. The second kappa shape index (κ2) is 8.47. The van der Waals surface area contributed by atoms with Gasteiger partial charge in [-0.3, -0.25) is 9.62 Å². The molecule has 3 aromatic carbocycles. The molecule has 3 aromatic rings. The van der Waals surface area contributed by atoms with Gasteiger partial charge in [-0.1, -0.05) is 55.7 Å². The van der Waals surface area contributed by atoms with Crippen LogP contribution in [0, 0.1) is 0 Å². The van der Waals surface area contributed by atoms with E-state index in [0.717, 1.165) is 47.7 Å². The van der Waals surface area contributed by atoms with Gasteiger partial charge < -0.3 is 5.32 Å². The molecule has 1 aliphatic carbocycles. The summed E-state index contributed by atoms with van der Waals surface area (Å²) in [5.41, 5.74) is 2.23. The van der Waals surface area contributed by atoms with Crippen LogP contribution in [0.3, 0.4) is 0 Å². The van der Waals surface area contributed by atoms with Gasteiger partial charge in [-0.05, 0) is 54.5 Å². The normalized spacial score (nSPS) is 16.7. The third-order valence-corrected chi connectivity index (χ3v) is 7.83. The van der Waals surface area contributed by atoms with Crippen LogP contribution < -0.4 is 14.9 Å². The van der Waals surface area contributed by atoms with Crippen molar-refractivity contribution >= 4 is 38.2 Å². The van der Waals surface area contributed by atoms with Crippen molar-refractivity contribution in [1.29, 1.82) is 0 Å². The number of hydrogen-bond acceptors (Lipinski definition) is 3. The maximum Gasteiger partial charge on any atom is 0.322 e. The Balaban J connectivity index is 1.36. The van der Waals surface area contributed by atoms with Crippen LogP contribution in [-0.2, 0) is 16.4 Å². The summed E-state index contributed by atoms with van der Waals surface area (Å²) in [6.07, 6.45) is 6.26. The molecular formula is C25H27N3O3S. The van der Waals surface area contributed by atoms with Crippen molar-refractivity contribution in [3.05, 3.63) is 66.2 Å². The number of carbonyl (C=O) groups excluding carboxylic acids is 1. The van der Waals surface area contributed by atoms with E-state index >= 15 is 0 Å². The topological polar surface area (TPSA) is 78.5 Å². The largest absolute Gasteiger partial charge is 0.335 e. The summed E-state index contributed by atoms with van der Waals surface area (Å²) in [5.74, 6) is 0. The summed E-state index contributed by atoms with van der Waals surface area (Å²) >= 11 is 0. The number of sulfonamides is 1. The van der Waals surface area contributed by atoms with Gasteiger partial charge >= 0.3 is 6.03 Å². The number of fused-ring (bicyclic) bond motifs is 2. The second-order valence-electron chi connectivity index (χ2n) is 8.61. The minimum absolute atomic E-state index is 0.0832. The van der Waals surface area contributed by atoms with E-state index in [9.17, 15) is 13.2 Å². The average molecular weight is 450 g/mol. The molecule has 1 fully saturated rings. The van der Waals surface area contributed by atoms with Gasteiger partial charge in [0, 0.05) is 23.7 Å². The Kier molecular flexibility index (Phi) is 5.51. The molecule has 0 spiro atoms. The number of hydrogen-bond donors (Lipinski definition) is 2. The SMILES string of the molecule is O=C(NC1CCCCC1)N1CCc2cc(S(=O)(=O)Nc3cccc4ccccc34)ccc21. The van der Waals surface area contributed by atoms with Crippen LogP contribution in [0.15, 0.2) is 65.6 Å². The highest BCUT2D eigenvalue weighted by Gasteiger charge is 2.28. The Morgan fingerprint density at radius 2 is 1.72 bits per heavy atom. The Bertz CT molecular complexity index is 1260. The molecule has 0 unspecified atom stereocenters. The lowest BCUT2D eigenvalue weighted by atomic mass is 9.96. The van der Waals surface area contributed by atoms with Crippen LogP contribution in [0.1, 0.15) is 37.7 Å². The van der Waals surface area contributed by atoms with E-state index in [1.165, 1.54) is 6.42 Å². The van der Waals surface area contributed by atoms with E-state index in [-0.39, 0.29) is 17.0 Å². The first-order valence-corrected chi connectivity index (χ1v) is 12.7. The van der Waals surface area contributed by atoms with Crippen molar-refractivity contribution in [2.75, 3.05) is 16.2 Å². The summed E-state index contributed by atoms with van der Waals surface area (Å²) < 4.78 is 29.0. The molecule has 0 aromatic heterocycles. The van der Waals surface area contributed by atoms with Crippen LogP contribution in [0.25, 0.3) is 10.8 Å². The van der Waals surface area contributed by atoms with Gasteiger partial charge in [-0.25, -0.2) is 13.2 Å². The van der Waals surface area contributed by atoms with Crippen molar-refractivity contribution < 1.29 is 13.2 Å². The minimum atomic E-state index is -3.76. The first kappa shape index (κ1) is 20.8. The molecule has 1 saturated carbocycles. The number of nitrogens with one attached hydrogen (secondary N) is 2. The van der Waals surface area contributed by atoms with Gasteiger partial charge in [0.1, 0.15) is 0 Å². The third-order valence-electron chi connectivity index (χ3n) is 6.47. The van der Waals surface area contributed by atoms with E-state index in [2.05, 4.69) is 10.0 Å². The highest BCUT2D eigenvalue weighted by Crippen LogP contribution is 2.32. The Morgan fingerprint density at radius 3 is 2.56 bits per heavy atom. The summed E-state index contributed by atoms with van der Waals surface area (Å²) in [5, 5.41) is 4.98. The quantitative estimate of drug-likeness (QED) is 0.585. The Labute approximate surface area is 188 Å². The predicted octanol–water partition coefficient (Wildman–Crippen LogP) is 5.05. The molecule has 0 atom stereocenters. The standard InChI is InChI=1S/C25H27N3O3S/c29-25(26-20-9-2-1-3-10-20)28-16-15-19-17-21(13-14-24(19)28)32(30,31)27-23-12-6-8-18-7-4-5-11-22(18)23/h4-8,11-14,17,20,27H,1-3,9-10,15-16H2,(H,26,29). The van der Waals surface area contributed by atoms with Gasteiger partial charge in [-0.15, -0.1) is 0 Å². The van der Waals surface area contributed by atoms with Crippen LogP contribution in [0.4, 0.5) is 16.2 Å². The highest BCUT2D eigenvalue weighted by atomic mass is 32.2. The molecule has 6 nitrogen and oxygen atoms in total. The van der Waals surface area contributed by atoms with E-state index in [1.807, 2.05) is 36.4 Å². The van der Waals surface area contributed by atoms with E-state index in [4.69, 9.17) is 0 Å². The van der Waals surface area contributed by atoms with E-state index in [1.54, 1.807) is 29.2 Å². The molecular weight excluding hydrogens is 422 g/mol. The molecule has 166 valence electrons. The van der Waals surface area contributed by atoms with Crippen LogP contribution in [-0.4, -0.2) is 27.0 Å². The van der Waals surface area contributed by atoms with Crippen molar-refractivity contribution in [2.24, 2.45) is 0 Å². The number of benzene rings is 3. The molecule has 0 bridgehead atoms. The summed E-state index contributed by atoms with van der Waals surface area (Å²) in [7, 11) is -3.76. The number of carbonyl (C=O) groups is 1. The average Bonchev–Trinajstić information content (AvgIpc) is 3.23. The first-order valence-electron chi connectivity index (χ1n) is 11.2. The lowest BCUT2D eigenvalue weighted by molar-refractivity contribution is 0.238. The zero-order valence-corrected chi connectivity index (χ0v) is 18.7. The van der Waals surface area contributed by atoms with Crippen molar-refractivity contribution in [3.8, 4) is 0 Å². The zero-order chi connectivity index (χ0) is 22.1. The smallest absolute Gasteiger partial charge is 0.322 e. The van der Waals surface area contributed by atoms with Crippen molar-refractivity contribution in [2.45, 2.75) is 49.5 Å². The van der Waals surface area contributed by atoms with Gasteiger partial charge in [0.15, 0.2) is 0 Å². The Morgan fingerprint density at radius 1 is 0.938 bits per heavy atom. The fourth-order valence-corrected chi connectivity index (χ4v) is 5.90. The van der Waals surface area contributed by atoms with Crippen molar-refractivity contribution in [1.82, 2.24) is 5.32 Å². The van der Waals surface area contributed by atoms with Crippen molar-refractivity contribution in [3.63, 3.8) is 0 Å². The van der Waals surface area contributed by atoms with Crippen LogP contribution in [0.5, 0.6) is 0 Å². The number of amides is 2. The van der Waals surface area contributed by atoms with Gasteiger partial charge in [0.25, 0.3) is 10.0 Å². The van der Waals surface area contributed by atoms with E-state index < -0.39 is 10.0 Å². The fraction of sp³-hybridized carbons (Fsp3) is 0.320. The van der Waals surface area contributed by atoms with Gasteiger partial charge in [0.2, 0.25) is 0 Å². The fourth-order valence-electron chi connectivity index (χ4n) is 4.77. The maximum atomic E-state index is 13.1. The lowest BCUT2D eigenvalue weighted by Gasteiger charge is -2.26. The van der Waals surface area contributed by atoms with Gasteiger partial charge in [-0.2, -0.15) is 0 Å². The predicted molar refractivity (Wildman–Crippen MR) is 128 cm³/mol. The highest BCUT2D eigenvalue weighted by molar-refractivity contribution is 7.92. The summed E-state index contributed by atoms with van der Waals surface area (Å²) in [6.45, 7) is 0.564. The second-order valence-corrected chi connectivity index (χ2v) is 10.3. The molecule has 0 radical (unpaired) electrons. The number of nitrogens with zero attached hydrogens (tertiary/aromatic N) is 1. The first-order chi connectivity index (χ1) is 15.5. The van der Waals surface area contributed by atoms with Crippen LogP contribution >= 0.6 is 0 Å². The number of urea groups is 1. The molecule has 32 heavy (non-hydrogen) atoms. The molecule has 1 aliphatic heterocycles. The van der Waals surface area contributed by atoms with E-state index in [0.29, 0.717) is 18.7 Å². The number of rotatable bonds is 4. The van der Waals surface area contributed by atoms with Gasteiger partial charge in [0.05, 0.1) is 10.6 Å². The monoisotopic (exact) mass is 449 g/mol. The summed E-state index contributed by atoms with van der Waals surface area (Å²) in [4.78, 5) is 14.7. The van der Waals surface area contributed by atoms with Crippen LogP contribution in [0.2, 0.25) is 0 Å². The molecule has 5 rings (SSSR count). The maximum absolute atomic E-state index is 13.1. The minimum Gasteiger partial charge on any atom is -0.335 e. The molecule has 2 amide bonds. The molecule has 1 heterocycles. The molecule has 7 heteroatoms. The molecule has 0 saturated heterocycles. The summed E-state index contributed by atoms with van der Waals surface area (Å²) in [6, 6.07) is 18.4. The zero-order valence-electron chi connectivity index (χ0n) is 17.9. The molecule has 2 aliphatic rings. The third kappa shape index (κ3) is 4.05. The lowest BCUT2D eigenvalue weighted by Crippen LogP contribution is -2.45.